The van der Waals surface area contributed by atoms with Gasteiger partial charge in [-0.15, -0.1) is 0 Å². The third kappa shape index (κ3) is 2.83. The van der Waals surface area contributed by atoms with Gasteiger partial charge >= 0.3 is 12.2 Å². The first-order chi connectivity index (χ1) is 11.2. The third-order valence-electron chi connectivity index (χ3n) is 3.30. The zero-order chi connectivity index (χ0) is 17.6. The van der Waals surface area contributed by atoms with E-state index >= 15 is 0 Å². The average molecular weight is 378 g/mol. The van der Waals surface area contributed by atoms with E-state index in [4.69, 9.17) is 23.2 Å². The second-order valence-corrected chi connectivity index (χ2v) is 5.68. The Morgan fingerprint density at radius 2 is 1.75 bits per heavy atom. The van der Waals surface area contributed by atoms with Crippen molar-refractivity contribution in [1.29, 1.82) is 0 Å². The number of hydrazine groups is 1. The number of benzene rings is 2. The molecule has 0 bridgehead atoms. The molecule has 0 aliphatic carbocycles. The lowest BCUT2D eigenvalue weighted by atomic mass is 10.2. The number of alkyl halides is 3. The maximum Gasteiger partial charge on any atom is 0.416 e. The number of anilines is 3. The first-order valence-electron chi connectivity index (χ1n) is 6.45. The van der Waals surface area contributed by atoms with Crippen molar-refractivity contribution in [2.75, 3.05) is 15.5 Å². The molecule has 2 aromatic rings. The van der Waals surface area contributed by atoms with Crippen molar-refractivity contribution < 1.29 is 23.2 Å². The summed E-state index contributed by atoms with van der Waals surface area (Å²) in [5.74, 6) is 0. The molecule has 0 spiro atoms. The van der Waals surface area contributed by atoms with Gasteiger partial charge < -0.3 is 5.32 Å². The molecule has 1 aliphatic rings. The lowest BCUT2D eigenvalue weighted by molar-refractivity contribution is -0.137. The Morgan fingerprint density at radius 1 is 1.08 bits per heavy atom. The van der Waals surface area contributed by atoms with Gasteiger partial charge in [0.2, 0.25) is 0 Å². The van der Waals surface area contributed by atoms with E-state index in [1.807, 2.05) is 0 Å². The molecule has 0 atom stereocenters. The van der Waals surface area contributed by atoms with Crippen LogP contribution in [0, 0.1) is 0 Å². The largest absolute Gasteiger partial charge is 0.416 e. The van der Waals surface area contributed by atoms with Crippen molar-refractivity contribution in [3.8, 4) is 0 Å². The maximum atomic E-state index is 12.8. The van der Waals surface area contributed by atoms with Crippen LogP contribution in [0.5, 0.6) is 0 Å². The quantitative estimate of drug-likeness (QED) is 0.720. The summed E-state index contributed by atoms with van der Waals surface area (Å²) in [4.78, 5) is 12.2. The fraction of sp³-hybridized carbons (Fsp3) is 0.0714. The molecule has 1 aliphatic heterocycles. The van der Waals surface area contributed by atoms with Crippen LogP contribution in [0.2, 0.25) is 10.0 Å². The minimum absolute atomic E-state index is 0.0569. The Labute approximate surface area is 143 Å². The van der Waals surface area contributed by atoms with Gasteiger partial charge in [-0.05, 0) is 30.3 Å². The number of halogens is 5. The zero-order valence-electron chi connectivity index (χ0n) is 11.6. The highest BCUT2D eigenvalue weighted by molar-refractivity contribution is 6.42. The number of fused-ring (bicyclic) bond motifs is 1. The minimum Gasteiger partial charge on any atom is -0.304 e. The number of hydrogen-bond donors (Lipinski definition) is 2. The molecule has 24 heavy (non-hydrogen) atoms. The molecule has 1 heterocycles. The lowest BCUT2D eigenvalue weighted by Gasteiger charge is -2.36. The summed E-state index contributed by atoms with van der Waals surface area (Å²) in [6.07, 6.45) is -4.59. The highest BCUT2D eigenvalue weighted by Gasteiger charge is 2.35. The Hall–Kier alpha value is -2.16. The topological polar surface area (TPSA) is 55.8 Å². The standard InChI is InChI=1S/C14H8Cl2F3N3O2/c15-9-5-11-12(6-10(9)16)22(24)21(13(23)20-11)8-3-1-2-7(4-8)14(17,18)19/h1-6,24H,(H,20,23). The van der Waals surface area contributed by atoms with Crippen LogP contribution >= 0.6 is 23.2 Å². The summed E-state index contributed by atoms with van der Waals surface area (Å²) in [5, 5.41) is 14.0. The van der Waals surface area contributed by atoms with E-state index in [1.54, 1.807) is 0 Å². The molecule has 0 saturated heterocycles. The predicted octanol–water partition coefficient (Wildman–Crippen LogP) is 5.17. The van der Waals surface area contributed by atoms with Gasteiger partial charge in [-0.25, -0.2) is 4.79 Å². The Kier molecular flexibility index (Phi) is 3.98. The van der Waals surface area contributed by atoms with Gasteiger partial charge in [0, 0.05) is 0 Å². The molecule has 0 saturated carbocycles. The van der Waals surface area contributed by atoms with Crippen molar-refractivity contribution in [2.24, 2.45) is 0 Å². The third-order valence-corrected chi connectivity index (χ3v) is 4.02. The molecule has 0 unspecified atom stereocenters. The first kappa shape index (κ1) is 16.7. The number of hydrogen-bond acceptors (Lipinski definition) is 3. The van der Waals surface area contributed by atoms with Crippen LogP contribution in [-0.2, 0) is 6.18 Å². The minimum atomic E-state index is -4.59. The van der Waals surface area contributed by atoms with Crippen LogP contribution in [-0.4, -0.2) is 11.2 Å². The second kappa shape index (κ2) is 5.73. The van der Waals surface area contributed by atoms with Crippen LogP contribution < -0.4 is 15.5 Å². The predicted molar refractivity (Wildman–Crippen MR) is 83.7 cm³/mol. The SMILES string of the molecule is O=C1Nc2cc(Cl)c(Cl)cc2N(O)N1c1cccc(C(F)(F)F)c1. The molecular formula is C14H8Cl2F3N3O2. The van der Waals surface area contributed by atoms with Crippen molar-refractivity contribution in [3.05, 3.63) is 52.0 Å². The molecule has 2 amide bonds. The van der Waals surface area contributed by atoms with Crippen LogP contribution in [0.3, 0.4) is 0 Å². The molecular weight excluding hydrogens is 370 g/mol. The Balaban J connectivity index is 2.06. The summed E-state index contributed by atoms with van der Waals surface area (Å²) in [6, 6.07) is 5.72. The van der Waals surface area contributed by atoms with Crippen molar-refractivity contribution >= 4 is 46.3 Å². The molecule has 126 valence electrons. The lowest BCUT2D eigenvalue weighted by Crippen LogP contribution is -2.51. The van der Waals surface area contributed by atoms with Gasteiger partial charge in [0.25, 0.3) is 0 Å². The zero-order valence-corrected chi connectivity index (χ0v) is 13.1. The van der Waals surface area contributed by atoms with Gasteiger partial charge in [-0.3, -0.25) is 5.21 Å². The number of amides is 2. The van der Waals surface area contributed by atoms with Gasteiger partial charge in [0.1, 0.15) is 5.69 Å². The first-order valence-corrected chi connectivity index (χ1v) is 7.20. The van der Waals surface area contributed by atoms with Crippen LogP contribution in [0.15, 0.2) is 36.4 Å². The van der Waals surface area contributed by atoms with Gasteiger partial charge in [0.05, 0.1) is 27.0 Å². The van der Waals surface area contributed by atoms with E-state index in [9.17, 15) is 23.2 Å². The number of rotatable bonds is 1. The molecule has 10 heteroatoms. The van der Waals surface area contributed by atoms with E-state index in [1.165, 1.54) is 18.2 Å². The molecule has 5 nitrogen and oxygen atoms in total. The molecule has 2 aromatic carbocycles. The van der Waals surface area contributed by atoms with E-state index in [0.29, 0.717) is 10.2 Å². The maximum absolute atomic E-state index is 12.8. The van der Waals surface area contributed by atoms with Gasteiger partial charge in [-0.2, -0.15) is 23.4 Å². The van der Waals surface area contributed by atoms with E-state index < -0.39 is 17.8 Å². The monoisotopic (exact) mass is 377 g/mol. The number of urea groups is 1. The fourth-order valence-electron chi connectivity index (χ4n) is 2.20. The Bertz CT molecular complexity index is 829. The molecule has 0 aromatic heterocycles. The van der Waals surface area contributed by atoms with Crippen molar-refractivity contribution in [2.45, 2.75) is 6.18 Å². The van der Waals surface area contributed by atoms with Crippen molar-refractivity contribution in [3.63, 3.8) is 0 Å². The summed E-state index contributed by atoms with van der Waals surface area (Å²) in [7, 11) is 0. The summed E-state index contributed by atoms with van der Waals surface area (Å²) >= 11 is 11.7. The summed E-state index contributed by atoms with van der Waals surface area (Å²) in [5.41, 5.74) is -0.913. The normalized spacial score (nSPS) is 14.5. The molecule has 0 fully saturated rings. The van der Waals surface area contributed by atoms with Gasteiger partial charge in [0.15, 0.2) is 0 Å². The Morgan fingerprint density at radius 3 is 2.42 bits per heavy atom. The van der Waals surface area contributed by atoms with Crippen LogP contribution in [0.1, 0.15) is 5.56 Å². The second-order valence-electron chi connectivity index (χ2n) is 4.86. The smallest absolute Gasteiger partial charge is 0.304 e. The highest BCUT2D eigenvalue weighted by Crippen LogP contribution is 2.39. The highest BCUT2D eigenvalue weighted by atomic mass is 35.5. The van der Waals surface area contributed by atoms with E-state index in [2.05, 4.69) is 5.32 Å². The summed E-state index contributed by atoms with van der Waals surface area (Å²) < 4.78 is 38.5. The molecule has 0 radical (unpaired) electrons. The fourth-order valence-corrected chi connectivity index (χ4v) is 2.53. The number of nitrogens with zero attached hydrogens (tertiary/aromatic N) is 2. The summed E-state index contributed by atoms with van der Waals surface area (Å²) in [6.45, 7) is 0. The molecule has 2 N–H and O–H groups in total. The van der Waals surface area contributed by atoms with E-state index in [0.717, 1.165) is 18.2 Å². The average Bonchev–Trinajstić information content (AvgIpc) is 2.49. The number of nitrogens with one attached hydrogen (secondary N) is 1. The van der Waals surface area contributed by atoms with Gasteiger partial charge in [-0.1, -0.05) is 29.3 Å². The molecule has 3 rings (SSSR count). The van der Waals surface area contributed by atoms with Crippen LogP contribution in [0.4, 0.5) is 35.0 Å². The van der Waals surface area contributed by atoms with E-state index in [-0.39, 0.29) is 27.1 Å². The number of carbonyl (C=O) groups excluding carboxylic acids is 1. The van der Waals surface area contributed by atoms with Crippen molar-refractivity contribution in [1.82, 2.24) is 0 Å². The number of carbonyl (C=O) groups is 1. The van der Waals surface area contributed by atoms with Crippen LogP contribution in [0.25, 0.3) is 0 Å².